The second kappa shape index (κ2) is 5.47. The normalized spacial score (nSPS) is 10.4. The van der Waals surface area contributed by atoms with Crippen molar-refractivity contribution in [3.05, 3.63) is 41.0 Å². The van der Waals surface area contributed by atoms with Gasteiger partial charge in [0.05, 0.1) is 11.6 Å². The van der Waals surface area contributed by atoms with Gasteiger partial charge in [0, 0.05) is 5.88 Å². The molecule has 0 aliphatic carbocycles. The number of hydrogen-bond donors (Lipinski definition) is 0. The lowest BCUT2D eigenvalue weighted by Gasteiger charge is -1.98. The number of rotatable bonds is 3. The van der Waals surface area contributed by atoms with E-state index in [0.717, 1.165) is 23.1 Å². The molecule has 0 fully saturated rings. The van der Waals surface area contributed by atoms with E-state index in [2.05, 4.69) is 6.07 Å². The first-order valence-corrected chi connectivity index (χ1v) is 5.04. The van der Waals surface area contributed by atoms with Crippen LogP contribution in [-0.2, 0) is 0 Å². The zero-order valence-electron chi connectivity index (χ0n) is 8.13. The highest BCUT2D eigenvalue weighted by Gasteiger charge is 1.96. The largest absolute Gasteiger partial charge is 0.192 e. The van der Waals surface area contributed by atoms with E-state index in [4.69, 9.17) is 16.9 Å². The lowest BCUT2D eigenvalue weighted by atomic mass is 10.1. The third-order valence-electron chi connectivity index (χ3n) is 1.97. The summed E-state index contributed by atoms with van der Waals surface area (Å²) >= 11 is 5.55. The molecule has 0 saturated carbocycles. The van der Waals surface area contributed by atoms with Crippen molar-refractivity contribution in [2.24, 2.45) is 0 Å². The Kier molecular flexibility index (Phi) is 4.22. The van der Waals surface area contributed by atoms with Gasteiger partial charge in [0.25, 0.3) is 0 Å². The Morgan fingerprint density at radius 3 is 2.93 bits per heavy atom. The lowest BCUT2D eigenvalue weighted by molar-refractivity contribution is 1.24. The zero-order valence-corrected chi connectivity index (χ0v) is 8.88. The van der Waals surface area contributed by atoms with Gasteiger partial charge in [0.15, 0.2) is 0 Å². The molecule has 0 aliphatic heterocycles. The van der Waals surface area contributed by atoms with Crippen LogP contribution in [0.5, 0.6) is 0 Å². The first-order chi connectivity index (χ1) is 6.77. The van der Waals surface area contributed by atoms with Crippen LogP contribution in [0.2, 0.25) is 0 Å². The Morgan fingerprint density at radius 2 is 2.29 bits per heavy atom. The number of halogens is 1. The van der Waals surface area contributed by atoms with Crippen molar-refractivity contribution in [1.82, 2.24) is 0 Å². The van der Waals surface area contributed by atoms with E-state index in [-0.39, 0.29) is 0 Å². The molecule has 14 heavy (non-hydrogen) atoms. The molecule has 0 heterocycles. The average Bonchev–Trinajstić information content (AvgIpc) is 2.21. The van der Waals surface area contributed by atoms with Crippen LogP contribution in [-0.4, -0.2) is 5.88 Å². The molecule has 0 amide bonds. The number of aryl methyl sites for hydroxylation is 1. The van der Waals surface area contributed by atoms with E-state index >= 15 is 0 Å². The first-order valence-electron chi connectivity index (χ1n) is 4.51. The van der Waals surface area contributed by atoms with Crippen molar-refractivity contribution in [2.75, 3.05) is 5.88 Å². The van der Waals surface area contributed by atoms with Gasteiger partial charge in [-0.1, -0.05) is 24.3 Å². The SMILES string of the molecule is Cc1ccc(C=CCCCl)cc1C#N. The number of nitriles is 1. The molecule has 1 nitrogen and oxygen atoms in total. The summed E-state index contributed by atoms with van der Waals surface area (Å²) in [6.07, 6.45) is 4.86. The highest BCUT2D eigenvalue weighted by atomic mass is 35.5. The topological polar surface area (TPSA) is 23.8 Å². The summed E-state index contributed by atoms with van der Waals surface area (Å²) in [5, 5.41) is 8.82. The molecule has 0 unspecified atom stereocenters. The van der Waals surface area contributed by atoms with E-state index in [9.17, 15) is 0 Å². The molecular formula is C12H12ClN. The van der Waals surface area contributed by atoms with Gasteiger partial charge in [0.2, 0.25) is 0 Å². The van der Waals surface area contributed by atoms with Crippen LogP contribution < -0.4 is 0 Å². The van der Waals surface area contributed by atoms with Gasteiger partial charge >= 0.3 is 0 Å². The molecule has 1 aromatic rings. The van der Waals surface area contributed by atoms with Gasteiger partial charge in [-0.05, 0) is 30.5 Å². The summed E-state index contributed by atoms with van der Waals surface area (Å²) in [4.78, 5) is 0. The van der Waals surface area contributed by atoms with Crippen molar-refractivity contribution in [3.63, 3.8) is 0 Å². The summed E-state index contributed by atoms with van der Waals surface area (Å²) in [5.74, 6) is 0.632. The van der Waals surface area contributed by atoms with E-state index in [1.54, 1.807) is 0 Å². The summed E-state index contributed by atoms with van der Waals surface area (Å²) in [6.45, 7) is 1.94. The third kappa shape index (κ3) is 2.90. The molecule has 72 valence electrons. The maximum absolute atomic E-state index is 8.82. The second-order valence-electron chi connectivity index (χ2n) is 3.07. The number of hydrogen-bond acceptors (Lipinski definition) is 1. The first kappa shape index (κ1) is 10.8. The minimum atomic E-state index is 0.632. The standard InChI is InChI=1S/C12H12ClN/c1-10-5-6-11(4-2-3-7-13)8-12(10)9-14/h2,4-6,8H,3,7H2,1H3. The smallest absolute Gasteiger partial charge is 0.0994 e. The lowest BCUT2D eigenvalue weighted by Crippen LogP contribution is -1.82. The van der Waals surface area contributed by atoms with E-state index in [1.165, 1.54) is 0 Å². The van der Waals surface area contributed by atoms with Gasteiger partial charge in [-0.25, -0.2) is 0 Å². The van der Waals surface area contributed by atoms with Gasteiger partial charge in [-0.15, -0.1) is 11.6 Å². The van der Waals surface area contributed by atoms with Crippen LogP contribution in [0.1, 0.15) is 23.1 Å². The molecule has 0 N–H and O–H groups in total. The van der Waals surface area contributed by atoms with Crippen LogP contribution >= 0.6 is 11.6 Å². The Labute approximate surface area is 89.6 Å². The highest BCUT2D eigenvalue weighted by molar-refractivity contribution is 6.17. The Morgan fingerprint density at radius 1 is 1.50 bits per heavy atom. The van der Waals surface area contributed by atoms with Crippen LogP contribution in [0.4, 0.5) is 0 Å². The quantitative estimate of drug-likeness (QED) is 0.693. The number of nitrogens with zero attached hydrogens (tertiary/aromatic N) is 1. The molecule has 0 bridgehead atoms. The predicted molar refractivity (Wildman–Crippen MR) is 60.3 cm³/mol. The molecule has 0 aromatic heterocycles. The van der Waals surface area contributed by atoms with E-state index in [1.807, 2.05) is 37.3 Å². The maximum atomic E-state index is 8.82. The summed E-state index contributed by atoms with van der Waals surface area (Å²) in [6, 6.07) is 8.01. The van der Waals surface area contributed by atoms with Crippen LogP contribution in [0.15, 0.2) is 24.3 Å². The fraction of sp³-hybridized carbons (Fsp3) is 0.250. The molecule has 1 aromatic carbocycles. The third-order valence-corrected chi connectivity index (χ3v) is 2.19. The molecule has 0 radical (unpaired) electrons. The van der Waals surface area contributed by atoms with Crippen LogP contribution in [0.25, 0.3) is 6.08 Å². The van der Waals surface area contributed by atoms with Crippen LogP contribution in [0, 0.1) is 18.3 Å². The van der Waals surface area contributed by atoms with Crippen molar-refractivity contribution in [3.8, 4) is 6.07 Å². The van der Waals surface area contributed by atoms with Gasteiger partial charge in [-0.2, -0.15) is 5.26 Å². The molecule has 0 atom stereocenters. The van der Waals surface area contributed by atoms with E-state index < -0.39 is 0 Å². The molecular weight excluding hydrogens is 194 g/mol. The van der Waals surface area contributed by atoms with Crippen molar-refractivity contribution in [1.29, 1.82) is 5.26 Å². The zero-order chi connectivity index (χ0) is 10.4. The molecule has 0 spiro atoms. The monoisotopic (exact) mass is 205 g/mol. The summed E-state index contributed by atoms with van der Waals surface area (Å²) in [7, 11) is 0. The summed E-state index contributed by atoms with van der Waals surface area (Å²) in [5.41, 5.74) is 2.80. The van der Waals surface area contributed by atoms with Gasteiger partial charge < -0.3 is 0 Å². The van der Waals surface area contributed by atoms with Crippen molar-refractivity contribution < 1.29 is 0 Å². The molecule has 0 saturated heterocycles. The van der Waals surface area contributed by atoms with Gasteiger partial charge in [0.1, 0.15) is 0 Å². The second-order valence-corrected chi connectivity index (χ2v) is 3.44. The molecule has 0 aliphatic rings. The van der Waals surface area contributed by atoms with Crippen molar-refractivity contribution >= 4 is 17.7 Å². The predicted octanol–water partition coefficient (Wildman–Crippen LogP) is 3.51. The number of allylic oxidation sites excluding steroid dienone is 1. The van der Waals surface area contributed by atoms with Crippen molar-refractivity contribution in [2.45, 2.75) is 13.3 Å². The Balaban J connectivity index is 2.86. The van der Waals surface area contributed by atoms with Crippen LogP contribution in [0.3, 0.4) is 0 Å². The summed E-state index contributed by atoms with van der Waals surface area (Å²) < 4.78 is 0. The minimum Gasteiger partial charge on any atom is -0.192 e. The fourth-order valence-electron chi connectivity index (χ4n) is 1.15. The minimum absolute atomic E-state index is 0.632. The maximum Gasteiger partial charge on any atom is 0.0994 e. The number of alkyl halides is 1. The Bertz CT molecular complexity index is 374. The highest BCUT2D eigenvalue weighted by Crippen LogP contribution is 2.11. The number of benzene rings is 1. The Hall–Kier alpha value is -1.26. The average molecular weight is 206 g/mol. The molecule has 1 rings (SSSR count). The van der Waals surface area contributed by atoms with E-state index in [0.29, 0.717) is 5.88 Å². The van der Waals surface area contributed by atoms with Gasteiger partial charge in [-0.3, -0.25) is 0 Å². The fourth-order valence-corrected chi connectivity index (χ4v) is 1.27. The molecule has 2 heteroatoms.